The van der Waals surface area contributed by atoms with Crippen LogP contribution in [0.2, 0.25) is 0 Å². The summed E-state index contributed by atoms with van der Waals surface area (Å²) in [7, 11) is 0. The topological polar surface area (TPSA) is 72.2 Å². The van der Waals surface area contributed by atoms with E-state index in [1.807, 2.05) is 27.7 Å². The molecule has 104 valence electrons. The van der Waals surface area contributed by atoms with E-state index in [-0.39, 0.29) is 11.6 Å². The molecule has 5 heteroatoms. The van der Waals surface area contributed by atoms with Crippen LogP contribution in [0.15, 0.2) is 18.2 Å². The van der Waals surface area contributed by atoms with Crippen LogP contribution in [-0.4, -0.2) is 10.8 Å². The summed E-state index contributed by atoms with van der Waals surface area (Å²) < 4.78 is 0. The molecule has 1 aliphatic rings. The molecule has 0 aromatic heterocycles. The molecule has 0 saturated heterocycles. The Morgan fingerprint density at radius 3 is 2.32 bits per heavy atom. The van der Waals surface area contributed by atoms with E-state index in [0.29, 0.717) is 18.5 Å². The summed E-state index contributed by atoms with van der Waals surface area (Å²) in [6, 6.07) is 4.54. The quantitative estimate of drug-likeness (QED) is 0.669. The third kappa shape index (κ3) is 2.32. The SMILES string of the molecule is CC.CCC1(CC)C(=O)Nc2ccc([N+](=O)[O-])cc21. The number of benzene rings is 1. The normalized spacial score (nSPS) is 15.1. The minimum atomic E-state index is -0.610. The zero-order valence-electron chi connectivity index (χ0n) is 11.8. The van der Waals surface area contributed by atoms with E-state index >= 15 is 0 Å². The van der Waals surface area contributed by atoms with Gasteiger partial charge in [0.25, 0.3) is 5.69 Å². The smallest absolute Gasteiger partial charge is 0.269 e. The van der Waals surface area contributed by atoms with Crippen molar-refractivity contribution in [3.05, 3.63) is 33.9 Å². The van der Waals surface area contributed by atoms with Crippen molar-refractivity contribution in [1.29, 1.82) is 0 Å². The average Bonchev–Trinajstić information content (AvgIpc) is 2.72. The lowest BCUT2D eigenvalue weighted by Gasteiger charge is -2.23. The summed E-state index contributed by atoms with van der Waals surface area (Å²) in [5, 5.41) is 13.6. The summed E-state index contributed by atoms with van der Waals surface area (Å²) in [4.78, 5) is 22.4. The van der Waals surface area contributed by atoms with Gasteiger partial charge in [0.05, 0.1) is 10.3 Å². The van der Waals surface area contributed by atoms with Gasteiger partial charge in [0, 0.05) is 17.8 Å². The molecule has 0 spiro atoms. The lowest BCUT2D eigenvalue weighted by molar-refractivity contribution is -0.384. The molecule has 0 bridgehead atoms. The number of non-ortho nitro benzene ring substituents is 1. The van der Waals surface area contributed by atoms with Crippen molar-refractivity contribution in [2.24, 2.45) is 0 Å². The molecule has 1 heterocycles. The maximum Gasteiger partial charge on any atom is 0.269 e. The lowest BCUT2D eigenvalue weighted by Crippen LogP contribution is -2.32. The van der Waals surface area contributed by atoms with Crippen LogP contribution in [-0.2, 0) is 10.2 Å². The van der Waals surface area contributed by atoms with Gasteiger partial charge in [-0.15, -0.1) is 0 Å². The number of anilines is 1. The maximum atomic E-state index is 12.0. The molecule has 1 aromatic carbocycles. The van der Waals surface area contributed by atoms with Crippen LogP contribution >= 0.6 is 0 Å². The molecule has 0 fully saturated rings. The maximum absolute atomic E-state index is 12.0. The van der Waals surface area contributed by atoms with Crippen molar-refractivity contribution in [3.8, 4) is 0 Å². The van der Waals surface area contributed by atoms with Gasteiger partial charge < -0.3 is 5.32 Å². The highest BCUT2D eigenvalue weighted by atomic mass is 16.6. The Hall–Kier alpha value is -1.91. The molecular formula is C14H20N2O3. The Kier molecular flexibility index (Phi) is 4.64. The van der Waals surface area contributed by atoms with Crippen LogP contribution in [0.4, 0.5) is 11.4 Å². The van der Waals surface area contributed by atoms with Gasteiger partial charge in [0.15, 0.2) is 0 Å². The summed E-state index contributed by atoms with van der Waals surface area (Å²) in [5.41, 5.74) is 0.874. The standard InChI is InChI=1S/C12H14N2O3.C2H6/c1-3-12(4-2)9-7-8(14(16)17)5-6-10(9)13-11(12)15;1-2/h5-7H,3-4H2,1-2H3,(H,13,15);1-2H3. The van der Waals surface area contributed by atoms with Crippen molar-refractivity contribution < 1.29 is 9.72 Å². The second-order valence-electron chi connectivity index (χ2n) is 4.23. The van der Waals surface area contributed by atoms with Gasteiger partial charge in [-0.1, -0.05) is 27.7 Å². The van der Waals surface area contributed by atoms with Crippen LogP contribution in [0.25, 0.3) is 0 Å². The highest BCUT2D eigenvalue weighted by Crippen LogP contribution is 2.43. The highest BCUT2D eigenvalue weighted by Gasteiger charge is 2.44. The Balaban J connectivity index is 0.000000861. The van der Waals surface area contributed by atoms with E-state index in [2.05, 4.69) is 5.32 Å². The monoisotopic (exact) mass is 264 g/mol. The van der Waals surface area contributed by atoms with Gasteiger partial charge in [0.1, 0.15) is 0 Å². The molecule has 0 unspecified atom stereocenters. The third-order valence-electron chi connectivity index (χ3n) is 3.62. The molecule has 1 aliphatic heterocycles. The molecule has 1 amide bonds. The van der Waals surface area contributed by atoms with Crippen LogP contribution in [0, 0.1) is 10.1 Å². The van der Waals surface area contributed by atoms with Crippen molar-refractivity contribution >= 4 is 17.3 Å². The molecule has 0 atom stereocenters. The van der Waals surface area contributed by atoms with E-state index in [9.17, 15) is 14.9 Å². The summed E-state index contributed by atoms with van der Waals surface area (Å²) in [5.74, 6) is -0.0574. The molecule has 1 aromatic rings. The van der Waals surface area contributed by atoms with E-state index in [4.69, 9.17) is 0 Å². The van der Waals surface area contributed by atoms with E-state index in [1.54, 1.807) is 6.07 Å². The fourth-order valence-corrected chi connectivity index (χ4v) is 2.47. The number of carbonyl (C=O) groups excluding carboxylic acids is 1. The van der Waals surface area contributed by atoms with E-state index in [0.717, 1.165) is 5.56 Å². The summed E-state index contributed by atoms with van der Waals surface area (Å²) in [6.45, 7) is 7.86. The van der Waals surface area contributed by atoms with Gasteiger partial charge in [-0.3, -0.25) is 14.9 Å². The third-order valence-corrected chi connectivity index (χ3v) is 3.62. The second kappa shape index (κ2) is 5.82. The van der Waals surface area contributed by atoms with Gasteiger partial charge in [0.2, 0.25) is 5.91 Å². The molecule has 2 rings (SSSR count). The number of nitrogens with zero attached hydrogens (tertiary/aromatic N) is 1. The number of nitrogens with one attached hydrogen (secondary N) is 1. The molecule has 5 nitrogen and oxygen atoms in total. The lowest BCUT2D eigenvalue weighted by atomic mass is 9.77. The fraction of sp³-hybridized carbons (Fsp3) is 0.500. The first-order valence-corrected chi connectivity index (χ1v) is 6.65. The average molecular weight is 264 g/mol. The Morgan fingerprint density at radius 1 is 1.26 bits per heavy atom. The van der Waals surface area contributed by atoms with Crippen molar-refractivity contribution in [2.75, 3.05) is 5.32 Å². The largest absolute Gasteiger partial charge is 0.325 e. The molecule has 1 N–H and O–H groups in total. The number of amides is 1. The van der Waals surface area contributed by atoms with Gasteiger partial charge in [-0.25, -0.2) is 0 Å². The minimum absolute atomic E-state index is 0.0338. The van der Waals surface area contributed by atoms with Crippen molar-refractivity contribution in [2.45, 2.75) is 46.0 Å². The first-order chi connectivity index (χ1) is 9.05. The van der Waals surface area contributed by atoms with Gasteiger partial charge in [-0.2, -0.15) is 0 Å². The van der Waals surface area contributed by atoms with Crippen LogP contribution in [0.1, 0.15) is 46.1 Å². The fourth-order valence-electron chi connectivity index (χ4n) is 2.47. The van der Waals surface area contributed by atoms with E-state index < -0.39 is 10.3 Å². The number of rotatable bonds is 3. The van der Waals surface area contributed by atoms with Gasteiger partial charge >= 0.3 is 0 Å². The zero-order chi connectivity index (χ0) is 14.6. The first-order valence-electron chi connectivity index (χ1n) is 6.65. The van der Waals surface area contributed by atoms with Crippen molar-refractivity contribution in [1.82, 2.24) is 0 Å². The molecule has 0 saturated carbocycles. The summed E-state index contributed by atoms with van der Waals surface area (Å²) in [6.07, 6.45) is 1.28. The number of fused-ring (bicyclic) bond motifs is 1. The first kappa shape index (κ1) is 15.1. The molecule has 19 heavy (non-hydrogen) atoms. The number of nitro groups is 1. The predicted octanol–water partition coefficient (Wildman–Crippen LogP) is 3.63. The predicted molar refractivity (Wildman–Crippen MR) is 75.3 cm³/mol. The van der Waals surface area contributed by atoms with Gasteiger partial charge in [-0.05, 0) is 24.5 Å². The summed E-state index contributed by atoms with van der Waals surface area (Å²) >= 11 is 0. The Morgan fingerprint density at radius 2 is 1.84 bits per heavy atom. The second-order valence-corrected chi connectivity index (χ2v) is 4.23. The molecule has 0 radical (unpaired) electrons. The van der Waals surface area contributed by atoms with Crippen LogP contribution in [0.5, 0.6) is 0 Å². The van der Waals surface area contributed by atoms with Crippen LogP contribution in [0.3, 0.4) is 0 Å². The number of hydrogen-bond donors (Lipinski definition) is 1. The minimum Gasteiger partial charge on any atom is -0.325 e. The van der Waals surface area contributed by atoms with Crippen LogP contribution < -0.4 is 5.32 Å². The van der Waals surface area contributed by atoms with E-state index in [1.165, 1.54) is 12.1 Å². The number of carbonyl (C=O) groups is 1. The zero-order valence-corrected chi connectivity index (χ0v) is 11.8. The molecular weight excluding hydrogens is 244 g/mol. The number of nitro benzene ring substituents is 1. The van der Waals surface area contributed by atoms with Crippen molar-refractivity contribution in [3.63, 3.8) is 0 Å². The highest BCUT2D eigenvalue weighted by molar-refractivity contribution is 6.06. The molecule has 0 aliphatic carbocycles. The Labute approximate surface area is 113 Å². The number of hydrogen-bond acceptors (Lipinski definition) is 3. The Bertz CT molecular complexity index is 493.